The molecule has 0 heterocycles. The van der Waals surface area contributed by atoms with Gasteiger partial charge in [0.25, 0.3) is 5.69 Å². The summed E-state index contributed by atoms with van der Waals surface area (Å²) in [6.45, 7) is 6.98. The third-order valence-corrected chi connectivity index (χ3v) is 8.06. The standard InChI is InChI=1S/C19H25N3O3S/c1-18(2)14-9-10-19(18,3)17(25-4)16(14)26-21-15(11-20)12-5-7-13(8-6-12)22(23)24/h5-8,14-17,21H,9-10H2,1-4H3/t14-,15?,16?,17?,19+/m1/s1. The van der Waals surface area contributed by atoms with E-state index in [1.165, 1.54) is 25.0 Å². The molecule has 5 atom stereocenters. The number of nitriles is 1. The van der Waals surface area contributed by atoms with Crippen molar-refractivity contribution in [2.75, 3.05) is 7.11 Å². The van der Waals surface area contributed by atoms with Gasteiger partial charge < -0.3 is 4.74 Å². The summed E-state index contributed by atoms with van der Waals surface area (Å²) >= 11 is 1.59. The summed E-state index contributed by atoms with van der Waals surface area (Å²) in [6, 6.07) is 7.88. The average Bonchev–Trinajstić information content (AvgIpc) is 2.94. The zero-order chi connectivity index (χ0) is 19.1. The van der Waals surface area contributed by atoms with Gasteiger partial charge in [0.2, 0.25) is 0 Å². The van der Waals surface area contributed by atoms with Crippen LogP contribution in [0.4, 0.5) is 5.69 Å². The molecule has 0 radical (unpaired) electrons. The Morgan fingerprint density at radius 2 is 2.04 bits per heavy atom. The molecule has 0 amide bonds. The molecule has 1 aromatic carbocycles. The van der Waals surface area contributed by atoms with Crippen LogP contribution in [0.25, 0.3) is 0 Å². The molecule has 2 fully saturated rings. The highest BCUT2D eigenvalue weighted by Crippen LogP contribution is 2.68. The van der Waals surface area contributed by atoms with Gasteiger partial charge in [-0.3, -0.25) is 10.1 Å². The van der Waals surface area contributed by atoms with E-state index in [0.29, 0.717) is 5.92 Å². The lowest BCUT2D eigenvalue weighted by atomic mass is 9.70. The Hall–Kier alpha value is -1.62. The van der Waals surface area contributed by atoms with Crippen LogP contribution in [0.15, 0.2) is 24.3 Å². The number of nitro groups is 1. The van der Waals surface area contributed by atoms with Crippen LogP contribution in [-0.2, 0) is 4.74 Å². The Morgan fingerprint density at radius 3 is 2.58 bits per heavy atom. The number of nitrogens with zero attached hydrogens (tertiary/aromatic N) is 2. The van der Waals surface area contributed by atoms with E-state index < -0.39 is 11.0 Å². The summed E-state index contributed by atoms with van der Waals surface area (Å²) < 4.78 is 9.18. The van der Waals surface area contributed by atoms with Gasteiger partial charge in [0.15, 0.2) is 0 Å². The first-order chi connectivity index (χ1) is 12.3. The van der Waals surface area contributed by atoms with Crippen molar-refractivity contribution in [2.24, 2.45) is 16.7 Å². The van der Waals surface area contributed by atoms with Crippen LogP contribution in [0.5, 0.6) is 0 Å². The lowest BCUT2D eigenvalue weighted by Gasteiger charge is -2.39. The van der Waals surface area contributed by atoms with Gasteiger partial charge in [0.1, 0.15) is 6.04 Å². The van der Waals surface area contributed by atoms with Crippen LogP contribution in [0.1, 0.15) is 45.2 Å². The van der Waals surface area contributed by atoms with Crippen LogP contribution < -0.4 is 4.72 Å². The molecule has 2 aliphatic carbocycles. The molecule has 6 nitrogen and oxygen atoms in total. The molecule has 0 aromatic heterocycles. The van der Waals surface area contributed by atoms with E-state index in [1.807, 2.05) is 0 Å². The van der Waals surface area contributed by atoms with Crippen LogP contribution in [0, 0.1) is 38.2 Å². The van der Waals surface area contributed by atoms with Gasteiger partial charge in [-0.1, -0.05) is 32.7 Å². The third-order valence-electron chi connectivity index (χ3n) is 6.84. The summed E-state index contributed by atoms with van der Waals surface area (Å²) in [7, 11) is 1.78. The van der Waals surface area contributed by atoms with Crippen molar-refractivity contribution in [1.82, 2.24) is 4.72 Å². The zero-order valence-corrected chi connectivity index (χ0v) is 16.4. The van der Waals surface area contributed by atoms with E-state index >= 15 is 0 Å². The molecule has 2 aliphatic rings. The van der Waals surface area contributed by atoms with Crippen molar-refractivity contribution in [3.8, 4) is 6.07 Å². The average molecular weight is 375 g/mol. The maximum absolute atomic E-state index is 10.8. The van der Waals surface area contributed by atoms with Gasteiger partial charge in [-0.15, -0.1) is 0 Å². The number of hydrogen-bond donors (Lipinski definition) is 1. The van der Waals surface area contributed by atoms with Crippen LogP contribution >= 0.6 is 11.9 Å². The fraction of sp³-hybridized carbons (Fsp3) is 0.632. The van der Waals surface area contributed by atoms with Crippen molar-refractivity contribution in [3.63, 3.8) is 0 Å². The molecule has 3 rings (SSSR count). The molecule has 0 saturated heterocycles. The quantitative estimate of drug-likeness (QED) is 0.454. The zero-order valence-electron chi connectivity index (χ0n) is 15.6. The monoisotopic (exact) mass is 375 g/mol. The Bertz CT molecular complexity index is 731. The van der Waals surface area contributed by atoms with Crippen LogP contribution in [0.3, 0.4) is 0 Å². The van der Waals surface area contributed by atoms with Crippen LogP contribution in [0.2, 0.25) is 0 Å². The van der Waals surface area contributed by atoms with Crippen LogP contribution in [-0.4, -0.2) is 23.4 Å². The van der Waals surface area contributed by atoms with E-state index in [9.17, 15) is 15.4 Å². The lowest BCUT2D eigenvalue weighted by Crippen LogP contribution is -2.41. The molecule has 0 spiro atoms. The Balaban J connectivity index is 1.73. The van der Waals surface area contributed by atoms with Crippen molar-refractivity contribution >= 4 is 17.6 Å². The maximum Gasteiger partial charge on any atom is 0.269 e. The third kappa shape index (κ3) is 2.81. The minimum Gasteiger partial charge on any atom is -0.380 e. The number of nitrogens with one attached hydrogen (secondary N) is 1. The Kier molecular flexibility index (Phi) is 5.04. The highest BCUT2D eigenvalue weighted by atomic mass is 32.2. The van der Waals surface area contributed by atoms with E-state index in [-0.39, 0.29) is 27.9 Å². The number of fused-ring (bicyclic) bond motifs is 2. The summed E-state index contributed by atoms with van der Waals surface area (Å²) in [5.74, 6) is 0.533. The topological polar surface area (TPSA) is 88.2 Å². The summed E-state index contributed by atoms with van der Waals surface area (Å²) in [5.41, 5.74) is 1.09. The van der Waals surface area contributed by atoms with E-state index in [1.54, 1.807) is 31.2 Å². The van der Waals surface area contributed by atoms with Crippen molar-refractivity contribution in [3.05, 3.63) is 39.9 Å². The van der Waals surface area contributed by atoms with Crippen molar-refractivity contribution < 1.29 is 9.66 Å². The minimum atomic E-state index is -0.520. The second-order valence-corrected chi connectivity index (χ2v) is 9.07. The molecule has 0 aliphatic heterocycles. The molecule has 2 bridgehead atoms. The molecule has 3 unspecified atom stereocenters. The Labute approximate surface area is 158 Å². The van der Waals surface area contributed by atoms with E-state index in [0.717, 1.165) is 5.56 Å². The number of nitro benzene ring substituents is 1. The fourth-order valence-electron chi connectivity index (χ4n) is 4.86. The van der Waals surface area contributed by atoms with Crippen molar-refractivity contribution in [2.45, 2.75) is 51.0 Å². The molecule has 2 saturated carbocycles. The molecular weight excluding hydrogens is 350 g/mol. The first-order valence-electron chi connectivity index (χ1n) is 8.84. The molecule has 7 heteroatoms. The largest absolute Gasteiger partial charge is 0.380 e. The number of benzene rings is 1. The normalized spacial score (nSPS) is 33.0. The summed E-state index contributed by atoms with van der Waals surface area (Å²) in [4.78, 5) is 10.4. The van der Waals surface area contributed by atoms with Gasteiger partial charge in [-0.05, 0) is 41.9 Å². The van der Waals surface area contributed by atoms with E-state index in [4.69, 9.17) is 4.74 Å². The molecule has 1 N–H and O–H groups in total. The van der Waals surface area contributed by atoms with Gasteiger partial charge >= 0.3 is 0 Å². The highest BCUT2D eigenvalue weighted by Gasteiger charge is 2.66. The lowest BCUT2D eigenvalue weighted by molar-refractivity contribution is -0.384. The Morgan fingerprint density at radius 1 is 1.38 bits per heavy atom. The van der Waals surface area contributed by atoms with Gasteiger partial charge in [0, 0.05) is 29.9 Å². The van der Waals surface area contributed by atoms with Crippen molar-refractivity contribution in [1.29, 1.82) is 5.26 Å². The number of non-ortho nitro benzene ring substituents is 1. The fourth-order valence-corrected chi connectivity index (χ4v) is 6.52. The summed E-state index contributed by atoms with van der Waals surface area (Å²) in [6.07, 6.45) is 2.49. The number of ether oxygens (including phenoxy) is 1. The second-order valence-electron chi connectivity index (χ2n) is 8.05. The first kappa shape index (κ1) is 19.2. The van der Waals surface area contributed by atoms with E-state index in [2.05, 4.69) is 31.6 Å². The summed E-state index contributed by atoms with van der Waals surface area (Å²) in [5, 5.41) is 20.6. The number of rotatable bonds is 6. The SMILES string of the molecule is COC1C(SNC(C#N)c2ccc([N+](=O)[O-])cc2)[C@H]2CC[C@]1(C)C2(C)C. The molecule has 1 aromatic rings. The predicted molar refractivity (Wildman–Crippen MR) is 101 cm³/mol. The smallest absolute Gasteiger partial charge is 0.269 e. The second kappa shape index (κ2) is 6.84. The van der Waals surface area contributed by atoms with Gasteiger partial charge in [-0.25, -0.2) is 4.72 Å². The predicted octanol–water partition coefficient (Wildman–Crippen LogP) is 4.24. The number of hydrogen-bond acceptors (Lipinski definition) is 6. The van der Waals surface area contributed by atoms with Gasteiger partial charge in [-0.2, -0.15) is 5.26 Å². The number of methoxy groups -OCH3 is 1. The highest BCUT2D eigenvalue weighted by molar-refractivity contribution is 7.98. The maximum atomic E-state index is 10.8. The molecule has 26 heavy (non-hydrogen) atoms. The molecule has 140 valence electrons. The first-order valence-corrected chi connectivity index (χ1v) is 9.72. The molecular formula is C19H25N3O3S. The van der Waals surface area contributed by atoms with Gasteiger partial charge in [0.05, 0.1) is 17.1 Å². The minimum absolute atomic E-state index is 0.0281.